The normalized spacial score (nSPS) is 16.5. The minimum absolute atomic E-state index is 0.317. The zero-order valence-electron chi connectivity index (χ0n) is 14.8. The van der Waals surface area contributed by atoms with E-state index < -0.39 is 0 Å². The van der Waals surface area contributed by atoms with E-state index in [-0.39, 0.29) is 0 Å². The van der Waals surface area contributed by atoms with Crippen LogP contribution in [0, 0.1) is 0 Å². The fourth-order valence-electron chi connectivity index (χ4n) is 3.67. The molecule has 3 aromatic rings. The highest BCUT2D eigenvalue weighted by Crippen LogP contribution is 2.38. The Labute approximate surface area is 155 Å². The van der Waals surface area contributed by atoms with E-state index in [1.54, 1.807) is 0 Å². The van der Waals surface area contributed by atoms with Crippen molar-refractivity contribution in [2.75, 3.05) is 11.9 Å². The SMILES string of the molecule is C1=CCNc2ccccc2C(c2ccccc2-c2ccccc2)CC=C1. The van der Waals surface area contributed by atoms with Crippen LogP contribution >= 0.6 is 0 Å². The van der Waals surface area contributed by atoms with Crippen LogP contribution in [0.5, 0.6) is 0 Å². The van der Waals surface area contributed by atoms with Gasteiger partial charge in [-0.3, -0.25) is 0 Å². The average molecular weight is 337 g/mol. The lowest BCUT2D eigenvalue weighted by Crippen LogP contribution is -2.08. The van der Waals surface area contributed by atoms with Crippen molar-refractivity contribution in [3.8, 4) is 11.1 Å². The second-order valence-corrected chi connectivity index (χ2v) is 6.57. The van der Waals surface area contributed by atoms with Gasteiger partial charge in [-0.15, -0.1) is 0 Å². The number of fused-ring (bicyclic) bond motifs is 1. The molecule has 1 nitrogen and oxygen atoms in total. The van der Waals surface area contributed by atoms with E-state index in [9.17, 15) is 0 Å². The van der Waals surface area contributed by atoms with Gasteiger partial charge in [-0.25, -0.2) is 0 Å². The highest BCUT2D eigenvalue weighted by atomic mass is 14.9. The molecule has 128 valence electrons. The standard InChI is InChI=1S/C25H23N/c1-2-11-19-26-25-18-10-9-17-24(25)23(15-6-1)22-16-8-7-14-21(22)20-12-4-3-5-13-20/h1-14,16-18,23,26H,15,19H2. The van der Waals surface area contributed by atoms with Crippen molar-refractivity contribution in [2.24, 2.45) is 0 Å². The van der Waals surface area contributed by atoms with E-state index in [1.165, 1.54) is 27.9 Å². The maximum atomic E-state index is 3.57. The lowest BCUT2D eigenvalue weighted by atomic mass is 9.83. The van der Waals surface area contributed by atoms with Crippen LogP contribution < -0.4 is 5.32 Å². The predicted molar refractivity (Wildman–Crippen MR) is 112 cm³/mol. The molecule has 0 fully saturated rings. The molecule has 1 aliphatic rings. The molecule has 0 saturated carbocycles. The van der Waals surface area contributed by atoms with Crippen LogP contribution in [-0.4, -0.2) is 6.54 Å². The first-order valence-corrected chi connectivity index (χ1v) is 9.22. The summed E-state index contributed by atoms with van der Waals surface area (Å²) in [5.74, 6) is 0.317. The van der Waals surface area contributed by atoms with Crippen LogP contribution in [0.15, 0.2) is 103 Å². The van der Waals surface area contributed by atoms with E-state index in [0.717, 1.165) is 13.0 Å². The molecule has 1 N–H and O–H groups in total. The highest BCUT2D eigenvalue weighted by molar-refractivity contribution is 5.70. The lowest BCUT2D eigenvalue weighted by Gasteiger charge is -2.23. The van der Waals surface area contributed by atoms with Crippen LogP contribution in [0.2, 0.25) is 0 Å². The Bertz CT molecular complexity index is 922. The maximum Gasteiger partial charge on any atom is 0.0381 e. The van der Waals surface area contributed by atoms with Gasteiger partial charge in [-0.1, -0.05) is 97.1 Å². The number of benzene rings is 3. The van der Waals surface area contributed by atoms with Crippen molar-refractivity contribution in [3.63, 3.8) is 0 Å². The second kappa shape index (κ2) is 7.88. The molecule has 3 aromatic carbocycles. The van der Waals surface area contributed by atoms with Crippen LogP contribution in [0.4, 0.5) is 5.69 Å². The summed E-state index contributed by atoms with van der Waals surface area (Å²) >= 11 is 0. The minimum Gasteiger partial charge on any atom is -0.381 e. The third-order valence-corrected chi connectivity index (χ3v) is 4.92. The number of para-hydroxylation sites is 1. The second-order valence-electron chi connectivity index (χ2n) is 6.57. The Balaban J connectivity index is 1.86. The molecule has 1 heteroatoms. The van der Waals surface area contributed by atoms with Crippen molar-refractivity contribution >= 4 is 5.69 Å². The summed E-state index contributed by atoms with van der Waals surface area (Å²) < 4.78 is 0. The smallest absolute Gasteiger partial charge is 0.0381 e. The lowest BCUT2D eigenvalue weighted by molar-refractivity contribution is 0.831. The van der Waals surface area contributed by atoms with E-state index in [4.69, 9.17) is 0 Å². The van der Waals surface area contributed by atoms with E-state index >= 15 is 0 Å². The van der Waals surface area contributed by atoms with E-state index in [1.807, 2.05) is 0 Å². The van der Waals surface area contributed by atoms with Gasteiger partial charge in [-0.2, -0.15) is 0 Å². The maximum absolute atomic E-state index is 3.57. The molecule has 1 aliphatic heterocycles. The average Bonchev–Trinajstić information content (AvgIpc) is 2.72. The van der Waals surface area contributed by atoms with E-state index in [0.29, 0.717) is 5.92 Å². The van der Waals surface area contributed by atoms with Gasteiger partial charge in [0.25, 0.3) is 0 Å². The largest absolute Gasteiger partial charge is 0.381 e. The molecule has 1 unspecified atom stereocenters. The summed E-state index contributed by atoms with van der Waals surface area (Å²) in [5.41, 5.74) is 6.54. The van der Waals surface area contributed by atoms with Gasteiger partial charge in [0.2, 0.25) is 0 Å². The first-order chi connectivity index (χ1) is 12.9. The third kappa shape index (κ3) is 3.48. The zero-order valence-corrected chi connectivity index (χ0v) is 14.8. The number of anilines is 1. The fraction of sp³-hybridized carbons (Fsp3) is 0.120. The molecule has 0 amide bonds. The molecule has 0 saturated heterocycles. The van der Waals surface area contributed by atoms with E-state index in [2.05, 4.69) is 108 Å². The molecule has 0 spiro atoms. The van der Waals surface area contributed by atoms with Crippen LogP contribution in [0.3, 0.4) is 0 Å². The topological polar surface area (TPSA) is 12.0 Å². The Hall–Kier alpha value is -3.06. The third-order valence-electron chi connectivity index (χ3n) is 4.92. The summed E-state index contributed by atoms with van der Waals surface area (Å²) in [7, 11) is 0. The molecule has 26 heavy (non-hydrogen) atoms. The molecular formula is C25H23N. The van der Waals surface area contributed by atoms with Gasteiger partial charge >= 0.3 is 0 Å². The zero-order chi connectivity index (χ0) is 17.6. The van der Waals surface area contributed by atoms with Crippen molar-refractivity contribution in [1.29, 1.82) is 0 Å². The molecule has 0 radical (unpaired) electrons. The fourth-order valence-corrected chi connectivity index (χ4v) is 3.67. The summed E-state index contributed by atoms with van der Waals surface area (Å²) in [6, 6.07) is 28.2. The van der Waals surface area contributed by atoms with Gasteiger partial charge in [0.1, 0.15) is 0 Å². The number of allylic oxidation sites excluding steroid dienone is 3. The van der Waals surface area contributed by atoms with Crippen LogP contribution in [0.25, 0.3) is 11.1 Å². The molecule has 0 bridgehead atoms. The number of hydrogen-bond acceptors (Lipinski definition) is 1. The van der Waals surface area contributed by atoms with Gasteiger partial charge in [-0.05, 0) is 34.7 Å². The molecule has 0 aliphatic carbocycles. The first kappa shape index (κ1) is 16.4. The van der Waals surface area contributed by atoms with Crippen LogP contribution in [0.1, 0.15) is 23.5 Å². The Morgan fingerprint density at radius 1 is 0.654 bits per heavy atom. The summed E-state index contributed by atoms with van der Waals surface area (Å²) in [5, 5.41) is 3.57. The van der Waals surface area contributed by atoms with Gasteiger partial charge in [0, 0.05) is 18.2 Å². The number of nitrogens with one attached hydrogen (secondary N) is 1. The quantitative estimate of drug-likeness (QED) is 0.569. The number of hydrogen-bond donors (Lipinski definition) is 1. The number of rotatable bonds is 2. The molecule has 1 heterocycles. The van der Waals surface area contributed by atoms with Crippen LogP contribution in [-0.2, 0) is 0 Å². The monoisotopic (exact) mass is 337 g/mol. The minimum atomic E-state index is 0.317. The summed E-state index contributed by atoms with van der Waals surface area (Å²) in [6.07, 6.45) is 9.71. The Morgan fingerprint density at radius 3 is 2.23 bits per heavy atom. The van der Waals surface area contributed by atoms with Crippen molar-refractivity contribution in [3.05, 3.63) is 114 Å². The molecular weight excluding hydrogens is 314 g/mol. The Morgan fingerprint density at radius 2 is 1.35 bits per heavy atom. The van der Waals surface area contributed by atoms with Crippen molar-refractivity contribution < 1.29 is 0 Å². The Kier molecular flexibility index (Phi) is 4.97. The molecule has 4 rings (SSSR count). The molecule has 1 atom stereocenters. The van der Waals surface area contributed by atoms with Gasteiger partial charge in [0.05, 0.1) is 0 Å². The first-order valence-electron chi connectivity index (χ1n) is 9.22. The van der Waals surface area contributed by atoms with Gasteiger partial charge < -0.3 is 5.32 Å². The van der Waals surface area contributed by atoms with Gasteiger partial charge in [0.15, 0.2) is 0 Å². The summed E-state index contributed by atoms with van der Waals surface area (Å²) in [4.78, 5) is 0. The van der Waals surface area contributed by atoms with Crippen molar-refractivity contribution in [1.82, 2.24) is 0 Å². The highest BCUT2D eigenvalue weighted by Gasteiger charge is 2.19. The predicted octanol–water partition coefficient (Wildman–Crippen LogP) is 6.41. The summed E-state index contributed by atoms with van der Waals surface area (Å²) in [6.45, 7) is 0.842. The van der Waals surface area contributed by atoms with Crippen molar-refractivity contribution in [2.45, 2.75) is 12.3 Å². The molecule has 0 aromatic heterocycles.